The van der Waals surface area contributed by atoms with Crippen molar-refractivity contribution in [2.45, 2.75) is 37.8 Å². The Morgan fingerprint density at radius 3 is 2.81 bits per heavy atom. The number of aromatic nitrogens is 3. The fraction of sp³-hybridized carbons (Fsp3) is 0.533. The van der Waals surface area contributed by atoms with Gasteiger partial charge in [0, 0.05) is 25.0 Å². The zero-order valence-electron chi connectivity index (χ0n) is 12.0. The Hall–Kier alpha value is -1.79. The average molecular weight is 287 g/mol. The lowest BCUT2D eigenvalue weighted by molar-refractivity contribution is 0.0313. The van der Waals surface area contributed by atoms with E-state index in [0.29, 0.717) is 24.4 Å². The van der Waals surface area contributed by atoms with Crippen LogP contribution in [0.1, 0.15) is 25.7 Å². The molecule has 112 valence electrons. The van der Waals surface area contributed by atoms with Gasteiger partial charge in [0.05, 0.1) is 12.7 Å². The Kier molecular flexibility index (Phi) is 4.57. The molecule has 3 rings (SSSR count). The number of nitrogens with one attached hydrogen (secondary N) is 1. The summed E-state index contributed by atoms with van der Waals surface area (Å²) in [4.78, 5) is 12.8. The summed E-state index contributed by atoms with van der Waals surface area (Å²) in [6.07, 6.45) is 7.97. The number of rotatable bonds is 5. The number of nitrogens with zero attached hydrogens (tertiary/aromatic N) is 3. The second kappa shape index (κ2) is 6.78. The first-order chi connectivity index (χ1) is 10.3. The number of ether oxygens (including phenoxy) is 1. The van der Waals surface area contributed by atoms with Crippen molar-refractivity contribution in [3.05, 3.63) is 24.5 Å². The molecule has 1 aliphatic rings. The van der Waals surface area contributed by atoms with E-state index in [1.165, 1.54) is 0 Å². The predicted molar refractivity (Wildman–Crippen MR) is 82.0 cm³/mol. The first-order valence-corrected chi connectivity index (χ1v) is 7.50. The van der Waals surface area contributed by atoms with Crippen molar-refractivity contribution in [1.29, 1.82) is 0 Å². The quantitative estimate of drug-likeness (QED) is 0.814. The fourth-order valence-electron chi connectivity index (χ4n) is 2.61. The standard InChI is InChI=1S/C15H21N5O/c16-11-1-3-12(4-2-11)21-10-9-18-14-6-5-13-15(20-14)19-8-7-17-13/h5-8,11-12H,1-4,9-10,16H2,(H,18,19,20). The lowest BCUT2D eigenvalue weighted by Gasteiger charge is -2.26. The van der Waals surface area contributed by atoms with Gasteiger partial charge >= 0.3 is 0 Å². The second-order valence-corrected chi connectivity index (χ2v) is 5.43. The number of fused-ring (bicyclic) bond motifs is 1. The van der Waals surface area contributed by atoms with E-state index in [-0.39, 0.29) is 0 Å². The summed E-state index contributed by atoms with van der Waals surface area (Å²) in [5.74, 6) is 0.803. The molecular weight excluding hydrogens is 266 g/mol. The topological polar surface area (TPSA) is 86.0 Å². The summed E-state index contributed by atoms with van der Waals surface area (Å²) < 4.78 is 5.87. The molecular formula is C15H21N5O. The van der Waals surface area contributed by atoms with Crippen LogP contribution in [0.2, 0.25) is 0 Å². The van der Waals surface area contributed by atoms with Gasteiger partial charge in [-0.3, -0.25) is 4.98 Å². The van der Waals surface area contributed by atoms with Crippen LogP contribution in [0.4, 0.5) is 5.82 Å². The molecule has 1 fully saturated rings. The molecule has 0 bridgehead atoms. The van der Waals surface area contributed by atoms with Crippen molar-refractivity contribution in [2.24, 2.45) is 5.73 Å². The van der Waals surface area contributed by atoms with Gasteiger partial charge in [0.1, 0.15) is 11.3 Å². The maximum atomic E-state index is 5.89. The molecule has 0 spiro atoms. The smallest absolute Gasteiger partial charge is 0.180 e. The first kappa shape index (κ1) is 14.2. The summed E-state index contributed by atoms with van der Waals surface area (Å²) >= 11 is 0. The van der Waals surface area contributed by atoms with Crippen molar-refractivity contribution in [2.75, 3.05) is 18.5 Å². The Morgan fingerprint density at radius 1 is 1.14 bits per heavy atom. The minimum Gasteiger partial charge on any atom is -0.376 e. The first-order valence-electron chi connectivity index (χ1n) is 7.50. The molecule has 0 radical (unpaired) electrons. The van der Waals surface area contributed by atoms with Crippen LogP contribution in [0.3, 0.4) is 0 Å². The van der Waals surface area contributed by atoms with Crippen molar-refractivity contribution in [3.63, 3.8) is 0 Å². The van der Waals surface area contributed by atoms with Crippen LogP contribution < -0.4 is 11.1 Å². The Morgan fingerprint density at radius 2 is 1.95 bits per heavy atom. The molecule has 6 nitrogen and oxygen atoms in total. The van der Waals surface area contributed by atoms with Gasteiger partial charge < -0.3 is 15.8 Å². The highest BCUT2D eigenvalue weighted by Crippen LogP contribution is 2.19. The highest BCUT2D eigenvalue weighted by molar-refractivity contribution is 5.71. The maximum Gasteiger partial charge on any atom is 0.180 e. The normalized spacial score (nSPS) is 22.3. The van der Waals surface area contributed by atoms with Crippen LogP contribution >= 0.6 is 0 Å². The molecule has 0 amide bonds. The van der Waals surface area contributed by atoms with Gasteiger partial charge in [-0.2, -0.15) is 0 Å². The average Bonchev–Trinajstić information content (AvgIpc) is 2.53. The summed E-state index contributed by atoms with van der Waals surface area (Å²) in [6, 6.07) is 4.20. The van der Waals surface area contributed by atoms with Gasteiger partial charge in [-0.05, 0) is 37.8 Å². The van der Waals surface area contributed by atoms with Crippen LogP contribution in [0, 0.1) is 0 Å². The van der Waals surface area contributed by atoms with E-state index in [4.69, 9.17) is 10.5 Å². The van der Waals surface area contributed by atoms with Crippen LogP contribution in [-0.2, 0) is 4.74 Å². The van der Waals surface area contributed by atoms with Crippen molar-refractivity contribution in [1.82, 2.24) is 15.0 Å². The minimum atomic E-state index is 0.363. The molecule has 2 aromatic rings. The van der Waals surface area contributed by atoms with Crippen LogP contribution in [-0.4, -0.2) is 40.2 Å². The summed E-state index contributed by atoms with van der Waals surface area (Å²) in [5, 5.41) is 3.26. The third-order valence-electron chi connectivity index (χ3n) is 3.81. The van der Waals surface area contributed by atoms with E-state index in [1.54, 1.807) is 12.4 Å². The van der Waals surface area contributed by atoms with Gasteiger partial charge in [0.15, 0.2) is 5.65 Å². The third kappa shape index (κ3) is 3.86. The Labute approximate surface area is 124 Å². The molecule has 0 saturated heterocycles. The fourth-order valence-corrected chi connectivity index (χ4v) is 2.61. The van der Waals surface area contributed by atoms with Crippen LogP contribution in [0.5, 0.6) is 0 Å². The number of pyridine rings is 1. The van der Waals surface area contributed by atoms with E-state index in [1.807, 2.05) is 12.1 Å². The molecule has 0 unspecified atom stereocenters. The SMILES string of the molecule is NC1CCC(OCCNc2ccc3nccnc3n2)CC1. The van der Waals surface area contributed by atoms with E-state index < -0.39 is 0 Å². The molecule has 2 heterocycles. The molecule has 1 aliphatic carbocycles. The van der Waals surface area contributed by atoms with Crippen molar-refractivity contribution < 1.29 is 4.74 Å². The van der Waals surface area contributed by atoms with E-state index in [0.717, 1.165) is 43.6 Å². The van der Waals surface area contributed by atoms with Crippen LogP contribution in [0.15, 0.2) is 24.5 Å². The minimum absolute atomic E-state index is 0.363. The van der Waals surface area contributed by atoms with E-state index in [2.05, 4.69) is 20.3 Å². The molecule has 2 aromatic heterocycles. The Bertz CT molecular complexity index is 583. The molecule has 3 N–H and O–H groups in total. The van der Waals surface area contributed by atoms with Gasteiger partial charge in [-0.25, -0.2) is 9.97 Å². The summed E-state index contributed by atoms with van der Waals surface area (Å²) in [7, 11) is 0. The lowest BCUT2D eigenvalue weighted by Crippen LogP contribution is -2.31. The van der Waals surface area contributed by atoms with Crippen molar-refractivity contribution in [3.8, 4) is 0 Å². The molecule has 0 atom stereocenters. The molecule has 1 saturated carbocycles. The van der Waals surface area contributed by atoms with Crippen molar-refractivity contribution >= 4 is 17.0 Å². The molecule has 0 aromatic carbocycles. The van der Waals surface area contributed by atoms with Gasteiger partial charge in [-0.15, -0.1) is 0 Å². The second-order valence-electron chi connectivity index (χ2n) is 5.43. The van der Waals surface area contributed by atoms with E-state index in [9.17, 15) is 0 Å². The predicted octanol–water partition coefficient (Wildman–Crippen LogP) is 1.72. The highest BCUT2D eigenvalue weighted by Gasteiger charge is 2.18. The maximum absolute atomic E-state index is 5.89. The zero-order chi connectivity index (χ0) is 14.5. The van der Waals surface area contributed by atoms with Gasteiger partial charge in [-0.1, -0.05) is 0 Å². The molecule has 6 heteroatoms. The highest BCUT2D eigenvalue weighted by atomic mass is 16.5. The number of anilines is 1. The molecule has 21 heavy (non-hydrogen) atoms. The molecule has 0 aliphatic heterocycles. The van der Waals surface area contributed by atoms with Crippen LogP contribution in [0.25, 0.3) is 11.2 Å². The number of hydrogen-bond donors (Lipinski definition) is 2. The summed E-state index contributed by atoms with van der Waals surface area (Å²) in [6.45, 7) is 1.42. The van der Waals surface area contributed by atoms with Gasteiger partial charge in [0.25, 0.3) is 0 Å². The third-order valence-corrected chi connectivity index (χ3v) is 3.81. The largest absolute Gasteiger partial charge is 0.376 e. The zero-order valence-corrected chi connectivity index (χ0v) is 12.0. The van der Waals surface area contributed by atoms with E-state index >= 15 is 0 Å². The lowest BCUT2D eigenvalue weighted by atomic mass is 9.94. The van der Waals surface area contributed by atoms with Gasteiger partial charge in [0.2, 0.25) is 0 Å². The summed E-state index contributed by atoms with van der Waals surface area (Å²) in [5.41, 5.74) is 7.35. The number of hydrogen-bond acceptors (Lipinski definition) is 6. The monoisotopic (exact) mass is 287 g/mol. The number of nitrogens with two attached hydrogens (primary N) is 1. The Balaban J connectivity index is 1.44.